The highest BCUT2D eigenvalue weighted by Gasteiger charge is 2.51. The summed E-state index contributed by atoms with van der Waals surface area (Å²) in [5.74, 6) is 0. The second kappa shape index (κ2) is 13.0. The van der Waals surface area contributed by atoms with Gasteiger partial charge in [0.25, 0.3) is 0 Å². The Bertz CT molecular complexity index is 421. The number of allylic oxidation sites excluding steroid dienone is 1. The van der Waals surface area contributed by atoms with Gasteiger partial charge in [-0.3, -0.25) is 0 Å². The maximum atomic E-state index is 7.26. The molecule has 0 N–H and O–H groups in total. The Morgan fingerprint density at radius 3 is 1.07 bits per heavy atom. The third kappa shape index (κ3) is 7.03. The molecule has 0 spiro atoms. The molecule has 168 valence electrons. The monoisotopic (exact) mass is 462 g/mol. The maximum Gasteiger partial charge on any atom is 0.318 e. The molecule has 0 aromatic carbocycles. The molecule has 0 saturated heterocycles. The van der Waals surface area contributed by atoms with Gasteiger partial charge in [0, 0.05) is 0 Å². The minimum Gasteiger partial charge on any atom is -0.436 e. The number of rotatable bonds is 17. The minimum atomic E-state index is -2.30. The molecular formula is C21H50O3Si4. The van der Waals surface area contributed by atoms with E-state index in [0.717, 1.165) is 42.3 Å². The standard InChI is InChI=1S/C21H50O3Si4/c1-11-21-26(15-5,16-6)23-28(19-9,20-10)24-27(17-7,18-8)22-25(12-2,13-3)14-4/h11H,1,12-21H2,2-10H3. The van der Waals surface area contributed by atoms with Crippen LogP contribution in [0.3, 0.4) is 0 Å². The van der Waals surface area contributed by atoms with Crippen LogP contribution in [-0.2, 0) is 12.3 Å². The van der Waals surface area contributed by atoms with E-state index in [1.807, 2.05) is 0 Å². The van der Waals surface area contributed by atoms with Crippen molar-refractivity contribution in [3.05, 3.63) is 12.7 Å². The van der Waals surface area contributed by atoms with Crippen LogP contribution in [0.25, 0.3) is 0 Å². The highest BCUT2D eigenvalue weighted by molar-refractivity contribution is 6.91. The van der Waals surface area contributed by atoms with E-state index in [9.17, 15) is 0 Å². The molecule has 0 saturated carbocycles. The van der Waals surface area contributed by atoms with Gasteiger partial charge in [-0.2, -0.15) is 0 Å². The zero-order valence-electron chi connectivity index (χ0n) is 20.6. The van der Waals surface area contributed by atoms with E-state index < -0.39 is 33.8 Å². The van der Waals surface area contributed by atoms with Crippen molar-refractivity contribution in [1.82, 2.24) is 0 Å². The van der Waals surface area contributed by atoms with Crippen LogP contribution >= 0.6 is 0 Å². The van der Waals surface area contributed by atoms with Gasteiger partial charge >= 0.3 is 17.1 Å². The van der Waals surface area contributed by atoms with Gasteiger partial charge in [-0.1, -0.05) is 68.4 Å². The molecule has 7 heteroatoms. The van der Waals surface area contributed by atoms with Gasteiger partial charge in [-0.15, -0.1) is 6.58 Å². The molecule has 0 heterocycles. The van der Waals surface area contributed by atoms with Crippen LogP contribution in [0.5, 0.6) is 0 Å². The van der Waals surface area contributed by atoms with E-state index in [1.165, 1.54) is 18.1 Å². The van der Waals surface area contributed by atoms with Gasteiger partial charge < -0.3 is 12.3 Å². The fourth-order valence-electron chi connectivity index (χ4n) is 4.20. The van der Waals surface area contributed by atoms with Crippen molar-refractivity contribution in [3.63, 3.8) is 0 Å². The molecule has 0 atom stereocenters. The Kier molecular flexibility index (Phi) is 13.2. The molecule has 0 fully saturated rings. The average molecular weight is 463 g/mol. The lowest BCUT2D eigenvalue weighted by molar-refractivity contribution is 0.301. The van der Waals surface area contributed by atoms with Crippen molar-refractivity contribution in [2.45, 2.75) is 123 Å². The van der Waals surface area contributed by atoms with Gasteiger partial charge in [-0.05, 0) is 60.4 Å². The highest BCUT2D eigenvalue weighted by Crippen LogP contribution is 2.37. The Balaban J connectivity index is 6.00. The molecule has 0 aliphatic rings. The van der Waals surface area contributed by atoms with Crippen LogP contribution in [0.2, 0.25) is 60.4 Å². The number of hydrogen-bond acceptors (Lipinski definition) is 3. The molecule has 0 radical (unpaired) electrons. The molecule has 28 heavy (non-hydrogen) atoms. The summed E-state index contributed by atoms with van der Waals surface area (Å²) in [5.41, 5.74) is 0. The molecule has 0 amide bonds. The fraction of sp³-hybridized carbons (Fsp3) is 0.905. The zero-order chi connectivity index (χ0) is 21.9. The smallest absolute Gasteiger partial charge is 0.318 e. The van der Waals surface area contributed by atoms with Crippen LogP contribution in [0.4, 0.5) is 0 Å². The van der Waals surface area contributed by atoms with Crippen molar-refractivity contribution < 1.29 is 12.3 Å². The van der Waals surface area contributed by atoms with Crippen LogP contribution in [0.1, 0.15) is 62.3 Å². The van der Waals surface area contributed by atoms with Crippen LogP contribution in [0.15, 0.2) is 12.7 Å². The molecule has 3 nitrogen and oxygen atoms in total. The van der Waals surface area contributed by atoms with Gasteiger partial charge in [0.15, 0.2) is 16.6 Å². The molecule has 0 unspecified atom stereocenters. The minimum absolute atomic E-state index is 1.02. The van der Waals surface area contributed by atoms with Gasteiger partial charge in [-0.25, -0.2) is 0 Å². The van der Waals surface area contributed by atoms with Crippen LogP contribution in [0, 0.1) is 0 Å². The van der Waals surface area contributed by atoms with E-state index in [1.54, 1.807) is 0 Å². The molecule has 0 aliphatic carbocycles. The lowest BCUT2D eigenvalue weighted by Crippen LogP contribution is -2.61. The second-order valence-electron chi connectivity index (χ2n) is 8.17. The van der Waals surface area contributed by atoms with E-state index in [0.29, 0.717) is 0 Å². The Morgan fingerprint density at radius 1 is 0.500 bits per heavy atom. The molecule has 0 aromatic heterocycles. The van der Waals surface area contributed by atoms with Gasteiger partial charge in [0.2, 0.25) is 0 Å². The van der Waals surface area contributed by atoms with Crippen molar-refractivity contribution in [2.24, 2.45) is 0 Å². The van der Waals surface area contributed by atoms with Gasteiger partial charge in [0.1, 0.15) is 0 Å². The quantitative estimate of drug-likeness (QED) is 0.161. The van der Waals surface area contributed by atoms with E-state index in [2.05, 4.69) is 75.0 Å². The molecule has 0 aromatic rings. The normalized spacial score (nSPS) is 13.8. The first kappa shape index (κ1) is 28.5. The summed E-state index contributed by atoms with van der Waals surface area (Å²) in [5, 5.41) is 0. The lowest BCUT2D eigenvalue weighted by atomic mass is 10.8. The van der Waals surface area contributed by atoms with Gasteiger partial charge in [0.05, 0.1) is 0 Å². The summed E-state index contributed by atoms with van der Waals surface area (Å²) >= 11 is 0. The van der Waals surface area contributed by atoms with Crippen molar-refractivity contribution >= 4 is 33.8 Å². The zero-order valence-corrected chi connectivity index (χ0v) is 24.6. The van der Waals surface area contributed by atoms with Crippen LogP contribution in [-0.4, -0.2) is 33.8 Å². The Hall–Kier alpha value is 0.488. The van der Waals surface area contributed by atoms with Crippen molar-refractivity contribution in [3.8, 4) is 0 Å². The molecule has 0 aliphatic heterocycles. The fourth-order valence-corrected chi connectivity index (χ4v) is 26.3. The topological polar surface area (TPSA) is 27.7 Å². The third-order valence-electron chi connectivity index (χ3n) is 7.07. The summed E-state index contributed by atoms with van der Waals surface area (Å²) in [6, 6.07) is 11.0. The predicted molar refractivity (Wildman–Crippen MR) is 136 cm³/mol. The second-order valence-corrected chi connectivity index (χ2v) is 25.8. The van der Waals surface area contributed by atoms with Crippen LogP contribution < -0.4 is 0 Å². The van der Waals surface area contributed by atoms with E-state index >= 15 is 0 Å². The Labute approximate surface area is 181 Å². The summed E-state index contributed by atoms with van der Waals surface area (Å²) in [6.45, 7) is 24.7. The summed E-state index contributed by atoms with van der Waals surface area (Å²) in [6.07, 6.45) is 2.08. The van der Waals surface area contributed by atoms with E-state index in [4.69, 9.17) is 12.3 Å². The SMILES string of the molecule is C=CC[Si](CC)(CC)O[Si](CC)(CC)O[Si](CC)(CC)O[Si](CC)(CC)CC. The number of hydrogen-bond donors (Lipinski definition) is 0. The molecule has 0 bridgehead atoms. The molecule has 0 rings (SSSR count). The highest BCUT2D eigenvalue weighted by atomic mass is 28.5. The first-order valence-electron chi connectivity index (χ1n) is 11.9. The largest absolute Gasteiger partial charge is 0.436 e. The average Bonchev–Trinajstić information content (AvgIpc) is 2.76. The third-order valence-corrected chi connectivity index (χ3v) is 28.3. The lowest BCUT2D eigenvalue weighted by Gasteiger charge is -2.47. The molecular weight excluding hydrogens is 413 g/mol. The Morgan fingerprint density at radius 2 is 0.821 bits per heavy atom. The predicted octanol–water partition coefficient (Wildman–Crippen LogP) is 8.18. The summed E-state index contributed by atoms with van der Waals surface area (Å²) in [4.78, 5) is 0. The van der Waals surface area contributed by atoms with Crippen molar-refractivity contribution in [2.75, 3.05) is 0 Å². The maximum absolute atomic E-state index is 7.26. The summed E-state index contributed by atoms with van der Waals surface area (Å²) in [7, 11) is -8.12. The van der Waals surface area contributed by atoms with Crippen molar-refractivity contribution in [1.29, 1.82) is 0 Å². The summed E-state index contributed by atoms with van der Waals surface area (Å²) < 4.78 is 21.6. The first-order valence-corrected chi connectivity index (χ1v) is 21.5. The van der Waals surface area contributed by atoms with E-state index in [-0.39, 0.29) is 0 Å². The first-order chi connectivity index (χ1) is 13.2.